The van der Waals surface area contributed by atoms with Crippen LogP contribution >= 0.6 is 15.9 Å². The fourth-order valence-corrected chi connectivity index (χ4v) is 2.09. The zero-order chi connectivity index (χ0) is 12.0. The van der Waals surface area contributed by atoms with Gasteiger partial charge in [-0.25, -0.2) is 0 Å². The molecule has 1 unspecified atom stereocenters. The van der Waals surface area contributed by atoms with E-state index in [1.54, 1.807) is 7.11 Å². The second kappa shape index (κ2) is 6.57. The Kier molecular flexibility index (Phi) is 5.37. The molecule has 86 valence electrons. The molecule has 0 heterocycles. The van der Waals surface area contributed by atoms with Crippen LogP contribution in [0, 0.1) is 11.8 Å². The Labute approximate surface area is 106 Å². The van der Waals surface area contributed by atoms with Gasteiger partial charge in [-0.2, -0.15) is 0 Å². The van der Waals surface area contributed by atoms with E-state index in [1.807, 2.05) is 19.1 Å². The monoisotopic (exact) mass is 281 g/mol. The molecule has 0 spiro atoms. The molecular formula is C13H16BrNO. The van der Waals surface area contributed by atoms with Crippen LogP contribution in [0.2, 0.25) is 0 Å². The second-order valence-electron chi connectivity index (χ2n) is 3.42. The van der Waals surface area contributed by atoms with Gasteiger partial charge in [0.25, 0.3) is 0 Å². The van der Waals surface area contributed by atoms with E-state index in [4.69, 9.17) is 4.74 Å². The van der Waals surface area contributed by atoms with Gasteiger partial charge in [0.15, 0.2) is 0 Å². The minimum Gasteiger partial charge on any atom is -0.497 e. The number of rotatable bonds is 4. The van der Waals surface area contributed by atoms with Crippen LogP contribution in [0.15, 0.2) is 22.7 Å². The molecule has 1 aromatic rings. The van der Waals surface area contributed by atoms with E-state index in [0.29, 0.717) is 6.54 Å². The average molecular weight is 282 g/mol. The summed E-state index contributed by atoms with van der Waals surface area (Å²) in [5.74, 6) is 6.71. The van der Waals surface area contributed by atoms with Crippen LogP contribution in [-0.2, 0) is 0 Å². The lowest BCUT2D eigenvalue weighted by Crippen LogP contribution is -2.19. The van der Waals surface area contributed by atoms with Gasteiger partial charge in [0.05, 0.1) is 13.7 Å². The molecule has 1 atom stereocenters. The standard InChI is InChI=1S/C13H16BrNO/c1-4-5-8-15-10(2)12-7-6-11(16-3)9-13(12)14/h6-7,9-10,15H,8H2,1-3H3. The molecule has 3 heteroatoms. The van der Waals surface area contributed by atoms with Crippen LogP contribution in [0.3, 0.4) is 0 Å². The molecule has 0 amide bonds. The smallest absolute Gasteiger partial charge is 0.120 e. The van der Waals surface area contributed by atoms with E-state index >= 15 is 0 Å². The zero-order valence-corrected chi connectivity index (χ0v) is 11.4. The first-order valence-corrected chi connectivity index (χ1v) is 5.94. The molecule has 0 bridgehead atoms. The van der Waals surface area contributed by atoms with E-state index in [1.165, 1.54) is 5.56 Å². The summed E-state index contributed by atoms with van der Waals surface area (Å²) in [6.45, 7) is 4.66. The highest BCUT2D eigenvalue weighted by Crippen LogP contribution is 2.27. The van der Waals surface area contributed by atoms with Crippen molar-refractivity contribution >= 4 is 15.9 Å². The van der Waals surface area contributed by atoms with Crippen LogP contribution in [0.4, 0.5) is 0 Å². The molecule has 0 saturated heterocycles. The number of benzene rings is 1. The van der Waals surface area contributed by atoms with Gasteiger partial charge in [0.2, 0.25) is 0 Å². The van der Waals surface area contributed by atoms with E-state index in [2.05, 4.69) is 46.1 Å². The first-order chi connectivity index (χ1) is 7.69. The summed E-state index contributed by atoms with van der Waals surface area (Å²) < 4.78 is 6.21. The van der Waals surface area contributed by atoms with E-state index < -0.39 is 0 Å². The van der Waals surface area contributed by atoms with Crippen LogP contribution in [0.5, 0.6) is 5.75 Å². The van der Waals surface area contributed by atoms with Gasteiger partial charge < -0.3 is 4.74 Å². The third kappa shape index (κ3) is 3.55. The van der Waals surface area contributed by atoms with Crippen molar-refractivity contribution in [3.05, 3.63) is 28.2 Å². The largest absolute Gasteiger partial charge is 0.497 e. The Hall–Kier alpha value is -0.980. The summed E-state index contributed by atoms with van der Waals surface area (Å²) in [4.78, 5) is 0. The number of ether oxygens (including phenoxy) is 1. The molecule has 0 aromatic heterocycles. The lowest BCUT2D eigenvalue weighted by atomic mass is 10.1. The van der Waals surface area contributed by atoms with Gasteiger partial charge in [-0.15, -0.1) is 5.92 Å². The molecule has 2 nitrogen and oxygen atoms in total. The maximum atomic E-state index is 5.16. The number of nitrogens with one attached hydrogen (secondary N) is 1. The Balaban J connectivity index is 2.74. The van der Waals surface area contributed by atoms with Crippen molar-refractivity contribution in [2.45, 2.75) is 19.9 Å². The summed E-state index contributed by atoms with van der Waals surface area (Å²) in [7, 11) is 1.67. The summed E-state index contributed by atoms with van der Waals surface area (Å²) in [6, 6.07) is 6.25. The van der Waals surface area contributed by atoms with E-state index in [9.17, 15) is 0 Å². The first kappa shape index (κ1) is 13.1. The fourth-order valence-electron chi connectivity index (χ4n) is 1.39. The minimum atomic E-state index is 0.265. The van der Waals surface area contributed by atoms with Gasteiger partial charge in [0, 0.05) is 10.5 Å². The fraction of sp³-hybridized carbons (Fsp3) is 0.385. The van der Waals surface area contributed by atoms with Crippen molar-refractivity contribution in [1.29, 1.82) is 0 Å². The highest BCUT2D eigenvalue weighted by Gasteiger charge is 2.08. The Morgan fingerprint density at radius 1 is 1.50 bits per heavy atom. The molecule has 0 aliphatic heterocycles. The van der Waals surface area contributed by atoms with Crippen molar-refractivity contribution in [2.24, 2.45) is 0 Å². The summed E-state index contributed by atoms with van der Waals surface area (Å²) in [5, 5.41) is 3.33. The highest BCUT2D eigenvalue weighted by atomic mass is 79.9. The summed E-state index contributed by atoms with van der Waals surface area (Å²) in [6.07, 6.45) is 0. The number of halogens is 1. The van der Waals surface area contributed by atoms with E-state index in [-0.39, 0.29) is 6.04 Å². The SMILES string of the molecule is CC#CCNC(C)c1ccc(OC)cc1Br. The maximum Gasteiger partial charge on any atom is 0.120 e. The number of methoxy groups -OCH3 is 1. The van der Waals surface area contributed by atoms with Crippen LogP contribution < -0.4 is 10.1 Å². The van der Waals surface area contributed by atoms with Gasteiger partial charge in [-0.05, 0) is 31.5 Å². The Morgan fingerprint density at radius 2 is 2.25 bits per heavy atom. The normalized spacial score (nSPS) is 11.5. The molecule has 0 fully saturated rings. The molecule has 1 rings (SSSR count). The van der Waals surface area contributed by atoms with Crippen LogP contribution in [-0.4, -0.2) is 13.7 Å². The van der Waals surface area contributed by atoms with E-state index in [0.717, 1.165) is 10.2 Å². The number of hydrogen-bond acceptors (Lipinski definition) is 2. The third-order valence-corrected chi connectivity index (χ3v) is 3.03. The molecular weight excluding hydrogens is 266 g/mol. The van der Waals surface area contributed by atoms with Crippen LogP contribution in [0.25, 0.3) is 0 Å². The second-order valence-corrected chi connectivity index (χ2v) is 4.27. The molecule has 0 aliphatic rings. The van der Waals surface area contributed by atoms with Crippen LogP contribution in [0.1, 0.15) is 25.5 Å². The van der Waals surface area contributed by atoms with Gasteiger partial charge in [-0.3, -0.25) is 5.32 Å². The molecule has 0 aliphatic carbocycles. The maximum absolute atomic E-state index is 5.16. The average Bonchev–Trinajstić information content (AvgIpc) is 2.29. The quantitative estimate of drug-likeness (QED) is 0.857. The first-order valence-electron chi connectivity index (χ1n) is 5.15. The highest BCUT2D eigenvalue weighted by molar-refractivity contribution is 9.10. The van der Waals surface area contributed by atoms with Crippen molar-refractivity contribution in [3.63, 3.8) is 0 Å². The van der Waals surface area contributed by atoms with Crippen molar-refractivity contribution < 1.29 is 4.74 Å². The molecule has 1 aromatic carbocycles. The lowest BCUT2D eigenvalue weighted by Gasteiger charge is -2.14. The van der Waals surface area contributed by atoms with Crippen molar-refractivity contribution in [1.82, 2.24) is 5.32 Å². The molecule has 16 heavy (non-hydrogen) atoms. The predicted molar refractivity (Wildman–Crippen MR) is 70.6 cm³/mol. The predicted octanol–water partition coefficient (Wildman–Crippen LogP) is 3.13. The topological polar surface area (TPSA) is 21.3 Å². The van der Waals surface area contributed by atoms with Crippen molar-refractivity contribution in [2.75, 3.05) is 13.7 Å². The summed E-state index contributed by atoms with van der Waals surface area (Å²) in [5.41, 5.74) is 1.21. The van der Waals surface area contributed by atoms with Gasteiger partial charge in [-0.1, -0.05) is 27.9 Å². The molecule has 1 N–H and O–H groups in total. The summed E-state index contributed by atoms with van der Waals surface area (Å²) >= 11 is 3.54. The Morgan fingerprint density at radius 3 is 2.81 bits per heavy atom. The third-order valence-electron chi connectivity index (χ3n) is 2.35. The lowest BCUT2D eigenvalue weighted by molar-refractivity contribution is 0.414. The zero-order valence-electron chi connectivity index (χ0n) is 9.80. The number of hydrogen-bond donors (Lipinski definition) is 1. The molecule has 0 saturated carbocycles. The molecule has 0 radical (unpaired) electrons. The minimum absolute atomic E-state index is 0.265. The Bertz CT molecular complexity index is 406. The van der Waals surface area contributed by atoms with Gasteiger partial charge >= 0.3 is 0 Å². The van der Waals surface area contributed by atoms with Crippen molar-refractivity contribution in [3.8, 4) is 17.6 Å². The van der Waals surface area contributed by atoms with Gasteiger partial charge in [0.1, 0.15) is 5.75 Å².